The number of carboxylic acids is 1. The summed E-state index contributed by atoms with van der Waals surface area (Å²) in [4.78, 5) is 14.5. The zero-order chi connectivity index (χ0) is 18.0. The second kappa shape index (κ2) is 7.57. The van der Waals surface area contributed by atoms with Crippen molar-refractivity contribution in [2.75, 3.05) is 26.3 Å². The van der Waals surface area contributed by atoms with Crippen LogP contribution in [0.15, 0.2) is 24.3 Å². The number of ether oxygens (including phenoxy) is 2. The molecule has 1 aromatic carbocycles. The first-order valence-electron chi connectivity index (χ1n) is 10.00. The number of likely N-dealkylation sites (tertiary alicyclic amines) is 1. The van der Waals surface area contributed by atoms with Crippen LogP contribution >= 0.6 is 0 Å². The van der Waals surface area contributed by atoms with E-state index >= 15 is 0 Å². The van der Waals surface area contributed by atoms with Crippen molar-refractivity contribution in [2.45, 2.75) is 62.5 Å². The van der Waals surface area contributed by atoms with Gasteiger partial charge in [-0.15, -0.1) is 0 Å². The lowest BCUT2D eigenvalue weighted by molar-refractivity contribution is -0.147. The summed E-state index contributed by atoms with van der Waals surface area (Å²) in [5.41, 5.74) is 0.0469. The highest BCUT2D eigenvalue weighted by Crippen LogP contribution is 2.36. The molecule has 0 spiro atoms. The van der Waals surface area contributed by atoms with Gasteiger partial charge in [0.25, 0.3) is 0 Å². The van der Waals surface area contributed by atoms with Gasteiger partial charge in [-0.25, -0.2) is 0 Å². The van der Waals surface area contributed by atoms with E-state index in [1.165, 1.54) is 19.3 Å². The molecule has 0 amide bonds. The van der Waals surface area contributed by atoms with E-state index in [2.05, 4.69) is 4.90 Å². The average Bonchev–Trinajstić information content (AvgIpc) is 2.63. The van der Waals surface area contributed by atoms with Gasteiger partial charge in [0.15, 0.2) is 0 Å². The minimum Gasteiger partial charge on any atom is -0.490 e. The molecule has 0 unspecified atom stereocenters. The molecule has 1 aromatic rings. The maximum Gasteiger partial charge on any atom is 0.314 e. The number of carboxylic acid groups (broad SMARTS) is 1. The van der Waals surface area contributed by atoms with Crippen LogP contribution in [0, 0.1) is 0 Å². The number of rotatable bonds is 5. The van der Waals surface area contributed by atoms with E-state index in [-0.39, 0.29) is 6.10 Å². The molecule has 1 saturated carbocycles. The summed E-state index contributed by atoms with van der Waals surface area (Å²) in [7, 11) is 0. The monoisotopic (exact) mass is 359 g/mol. The third-order valence-electron chi connectivity index (χ3n) is 6.53. The summed E-state index contributed by atoms with van der Waals surface area (Å²) in [6.07, 6.45) is 7.60. The Labute approximate surface area is 155 Å². The standard InChI is InChI=1S/C21H29NO4/c23-20(24)21(10-14-25-15-11-21)16-4-6-18(7-5-16)26-19-8-12-22(13-9-19)17-2-1-3-17/h4-7,17,19H,1-3,8-15H2,(H,23,24). The molecule has 0 atom stereocenters. The molecule has 5 heteroatoms. The number of aliphatic carboxylic acids is 1. The number of benzene rings is 1. The van der Waals surface area contributed by atoms with Gasteiger partial charge in [0.05, 0.1) is 5.41 Å². The molecule has 2 saturated heterocycles. The second-order valence-electron chi connectivity index (χ2n) is 7.96. The van der Waals surface area contributed by atoms with Gasteiger partial charge in [0.2, 0.25) is 0 Å². The Hall–Kier alpha value is -1.59. The van der Waals surface area contributed by atoms with E-state index < -0.39 is 11.4 Å². The van der Waals surface area contributed by atoms with Crippen molar-refractivity contribution in [3.8, 4) is 5.75 Å². The van der Waals surface area contributed by atoms with Crippen LogP contribution in [-0.2, 0) is 14.9 Å². The molecule has 0 aromatic heterocycles. The van der Waals surface area contributed by atoms with Gasteiger partial charge >= 0.3 is 5.97 Å². The third-order valence-corrected chi connectivity index (χ3v) is 6.53. The number of carbonyl (C=O) groups is 1. The SMILES string of the molecule is O=C(O)C1(c2ccc(OC3CCN(C4CCC4)CC3)cc2)CCOCC1. The van der Waals surface area contributed by atoms with Crippen LogP contribution in [0.2, 0.25) is 0 Å². The Morgan fingerprint density at radius 1 is 1.08 bits per heavy atom. The van der Waals surface area contributed by atoms with Crippen molar-refractivity contribution in [1.29, 1.82) is 0 Å². The molecule has 1 N–H and O–H groups in total. The minimum atomic E-state index is -0.815. The van der Waals surface area contributed by atoms with E-state index in [4.69, 9.17) is 9.47 Å². The molecule has 0 bridgehead atoms. The Morgan fingerprint density at radius 3 is 2.27 bits per heavy atom. The van der Waals surface area contributed by atoms with Crippen molar-refractivity contribution in [3.63, 3.8) is 0 Å². The van der Waals surface area contributed by atoms with E-state index in [1.807, 2.05) is 24.3 Å². The van der Waals surface area contributed by atoms with Crippen LogP contribution in [0.3, 0.4) is 0 Å². The van der Waals surface area contributed by atoms with Gasteiger partial charge in [-0.3, -0.25) is 4.79 Å². The number of piperidine rings is 1. The molecule has 142 valence electrons. The largest absolute Gasteiger partial charge is 0.490 e. The normalized spacial score (nSPS) is 24.8. The number of nitrogens with zero attached hydrogens (tertiary/aromatic N) is 1. The Kier molecular flexibility index (Phi) is 5.18. The van der Waals surface area contributed by atoms with Crippen LogP contribution in [0.5, 0.6) is 5.75 Å². The Morgan fingerprint density at radius 2 is 1.73 bits per heavy atom. The van der Waals surface area contributed by atoms with Crippen LogP contribution in [0.1, 0.15) is 50.5 Å². The molecule has 2 aliphatic heterocycles. The molecule has 4 rings (SSSR count). The second-order valence-corrected chi connectivity index (χ2v) is 7.96. The highest BCUT2D eigenvalue weighted by Gasteiger charge is 2.41. The zero-order valence-corrected chi connectivity index (χ0v) is 15.4. The van der Waals surface area contributed by atoms with Crippen LogP contribution < -0.4 is 4.74 Å². The first-order valence-corrected chi connectivity index (χ1v) is 10.00. The van der Waals surface area contributed by atoms with Gasteiger partial charge in [0, 0.05) is 32.3 Å². The van der Waals surface area contributed by atoms with E-state index in [0.717, 1.165) is 43.3 Å². The molecule has 26 heavy (non-hydrogen) atoms. The molecule has 2 heterocycles. The minimum absolute atomic E-state index is 0.272. The summed E-state index contributed by atoms with van der Waals surface area (Å²) in [6.45, 7) is 3.28. The van der Waals surface area contributed by atoms with E-state index in [1.54, 1.807) is 0 Å². The Balaban J connectivity index is 1.36. The van der Waals surface area contributed by atoms with Crippen molar-refractivity contribution >= 4 is 5.97 Å². The van der Waals surface area contributed by atoms with Crippen LogP contribution in [0.25, 0.3) is 0 Å². The van der Waals surface area contributed by atoms with Gasteiger partial charge in [0.1, 0.15) is 11.9 Å². The summed E-state index contributed by atoms with van der Waals surface area (Å²) in [6, 6.07) is 8.56. The predicted octanol–water partition coefficient (Wildman–Crippen LogP) is 3.22. The lowest BCUT2D eigenvalue weighted by Gasteiger charge is -2.41. The lowest BCUT2D eigenvalue weighted by atomic mass is 9.74. The van der Waals surface area contributed by atoms with Crippen molar-refractivity contribution < 1.29 is 19.4 Å². The average molecular weight is 359 g/mol. The van der Waals surface area contributed by atoms with Gasteiger partial charge in [-0.05, 0) is 56.2 Å². The maximum atomic E-state index is 11.9. The van der Waals surface area contributed by atoms with Crippen LogP contribution in [0.4, 0.5) is 0 Å². The maximum absolute atomic E-state index is 11.9. The highest BCUT2D eigenvalue weighted by molar-refractivity contribution is 5.81. The molecule has 0 radical (unpaired) electrons. The predicted molar refractivity (Wildman–Crippen MR) is 98.7 cm³/mol. The third kappa shape index (κ3) is 3.47. The molecular weight excluding hydrogens is 330 g/mol. The van der Waals surface area contributed by atoms with Gasteiger partial charge in [-0.1, -0.05) is 18.6 Å². The summed E-state index contributed by atoms with van der Waals surface area (Å²) in [5.74, 6) is 0.0984. The van der Waals surface area contributed by atoms with Crippen molar-refractivity contribution in [1.82, 2.24) is 4.90 Å². The Bertz CT molecular complexity index is 611. The van der Waals surface area contributed by atoms with Crippen molar-refractivity contribution in [2.24, 2.45) is 0 Å². The molecule has 1 aliphatic carbocycles. The topological polar surface area (TPSA) is 59.0 Å². The van der Waals surface area contributed by atoms with Crippen molar-refractivity contribution in [3.05, 3.63) is 29.8 Å². The van der Waals surface area contributed by atoms with Gasteiger partial charge in [-0.2, -0.15) is 0 Å². The molecule has 3 aliphatic rings. The summed E-state index contributed by atoms with van der Waals surface area (Å²) >= 11 is 0. The molecule has 5 nitrogen and oxygen atoms in total. The zero-order valence-electron chi connectivity index (χ0n) is 15.4. The quantitative estimate of drug-likeness (QED) is 0.875. The number of hydrogen-bond donors (Lipinski definition) is 1. The fourth-order valence-electron chi connectivity index (χ4n) is 4.50. The van der Waals surface area contributed by atoms with E-state index in [0.29, 0.717) is 26.1 Å². The molecular formula is C21H29NO4. The highest BCUT2D eigenvalue weighted by atomic mass is 16.5. The van der Waals surface area contributed by atoms with Crippen LogP contribution in [-0.4, -0.2) is 54.4 Å². The summed E-state index contributed by atoms with van der Waals surface area (Å²) in [5, 5.41) is 9.78. The fourth-order valence-corrected chi connectivity index (χ4v) is 4.50. The smallest absolute Gasteiger partial charge is 0.314 e. The first-order chi connectivity index (χ1) is 12.7. The lowest BCUT2D eigenvalue weighted by Crippen LogP contribution is -2.46. The number of hydrogen-bond acceptors (Lipinski definition) is 4. The molecule has 3 fully saturated rings. The van der Waals surface area contributed by atoms with E-state index in [9.17, 15) is 9.90 Å². The fraction of sp³-hybridized carbons (Fsp3) is 0.667. The first kappa shape index (κ1) is 17.8. The van der Waals surface area contributed by atoms with Gasteiger partial charge < -0.3 is 19.5 Å². The summed E-state index contributed by atoms with van der Waals surface area (Å²) < 4.78 is 11.5.